The summed E-state index contributed by atoms with van der Waals surface area (Å²) in [4.78, 5) is 4.00. The van der Waals surface area contributed by atoms with E-state index in [1.807, 2.05) is 52.0 Å². The van der Waals surface area contributed by atoms with Crippen molar-refractivity contribution in [1.29, 1.82) is 0 Å². The van der Waals surface area contributed by atoms with Crippen LogP contribution in [-0.4, -0.2) is 4.98 Å². The molecule has 0 unspecified atom stereocenters. The summed E-state index contributed by atoms with van der Waals surface area (Å²) < 4.78 is 0. The first kappa shape index (κ1) is 23.9. The molecule has 0 aliphatic rings. The van der Waals surface area contributed by atoms with Crippen LogP contribution < -0.4 is 5.73 Å². The van der Waals surface area contributed by atoms with E-state index in [4.69, 9.17) is 5.73 Å². The molecule has 0 saturated heterocycles. The second-order valence-electron chi connectivity index (χ2n) is 4.35. The molecule has 2 rings (SSSR count). The van der Waals surface area contributed by atoms with Crippen molar-refractivity contribution < 1.29 is 0 Å². The Bertz CT molecular complexity index is 540. The van der Waals surface area contributed by atoms with E-state index in [1.165, 1.54) is 6.42 Å². The normalized spacial score (nSPS) is 9.17. The number of benzene rings is 1. The number of aromatic nitrogens is 1. The van der Waals surface area contributed by atoms with E-state index >= 15 is 0 Å². The topological polar surface area (TPSA) is 38.9 Å². The van der Waals surface area contributed by atoms with Crippen molar-refractivity contribution in [2.24, 2.45) is 5.73 Å². The number of nitrogens with two attached hydrogens (primary N) is 1. The first-order valence-electron chi connectivity index (χ1n) is 8.81. The van der Waals surface area contributed by atoms with Crippen LogP contribution in [0, 0.1) is 0 Å². The van der Waals surface area contributed by atoms with Crippen molar-refractivity contribution in [3.05, 3.63) is 73.2 Å². The van der Waals surface area contributed by atoms with Crippen LogP contribution in [0.2, 0.25) is 0 Å². The molecule has 1 aromatic heterocycles. The molecule has 132 valence electrons. The van der Waals surface area contributed by atoms with Gasteiger partial charge in [0.1, 0.15) is 0 Å². The molecule has 0 aliphatic carbocycles. The van der Waals surface area contributed by atoms with Crippen LogP contribution in [0.3, 0.4) is 0 Å². The number of hydrogen-bond acceptors (Lipinski definition) is 2. The molecule has 2 aromatic rings. The molecule has 0 bridgehead atoms. The first-order chi connectivity index (χ1) is 11.8. The van der Waals surface area contributed by atoms with E-state index in [0.717, 1.165) is 22.3 Å². The molecule has 0 atom stereocenters. The summed E-state index contributed by atoms with van der Waals surface area (Å²) in [5, 5.41) is 0. The molecule has 1 heterocycles. The average Bonchev–Trinajstić information content (AvgIpc) is 2.68. The number of pyridine rings is 1. The van der Waals surface area contributed by atoms with Gasteiger partial charge in [0.2, 0.25) is 0 Å². The highest BCUT2D eigenvalue weighted by molar-refractivity contribution is 5.75. The lowest BCUT2D eigenvalue weighted by Crippen LogP contribution is -1.87. The standard InChI is InChI=1S/C15H14N2.C3H8.2C2H6/c1-2-12(11-16)13-3-5-14(6-4-13)15-7-9-17-10-8-15;1-3-2;2*1-2/h2-11H,1,16H2;3H2,1-2H3;2*1-2H3/b12-11+;;;. The van der Waals surface area contributed by atoms with E-state index in [0.29, 0.717) is 0 Å². The summed E-state index contributed by atoms with van der Waals surface area (Å²) in [7, 11) is 0. The largest absolute Gasteiger partial charge is 0.404 e. The molecular weight excluding hydrogens is 292 g/mol. The molecule has 0 fully saturated rings. The van der Waals surface area contributed by atoms with E-state index in [2.05, 4.69) is 37.5 Å². The number of rotatable bonds is 3. The summed E-state index contributed by atoms with van der Waals surface area (Å²) in [5.74, 6) is 0. The Morgan fingerprint density at radius 2 is 1.33 bits per heavy atom. The van der Waals surface area contributed by atoms with Gasteiger partial charge in [-0.05, 0) is 34.4 Å². The lowest BCUT2D eigenvalue weighted by Gasteiger charge is -2.04. The van der Waals surface area contributed by atoms with Crippen LogP contribution in [0.1, 0.15) is 53.5 Å². The lowest BCUT2D eigenvalue weighted by atomic mass is 10.0. The van der Waals surface area contributed by atoms with Gasteiger partial charge in [-0.2, -0.15) is 0 Å². The predicted molar refractivity (Wildman–Crippen MR) is 111 cm³/mol. The molecule has 24 heavy (non-hydrogen) atoms. The van der Waals surface area contributed by atoms with Gasteiger partial charge in [-0.1, -0.05) is 84.9 Å². The minimum absolute atomic E-state index is 0.936. The van der Waals surface area contributed by atoms with E-state index in [1.54, 1.807) is 24.7 Å². The molecule has 2 nitrogen and oxygen atoms in total. The zero-order valence-electron chi connectivity index (χ0n) is 16.2. The average molecular weight is 327 g/mol. The molecular formula is C22H34N2. The second-order valence-corrected chi connectivity index (χ2v) is 4.35. The quantitative estimate of drug-likeness (QED) is 0.637. The Morgan fingerprint density at radius 1 is 0.917 bits per heavy atom. The van der Waals surface area contributed by atoms with E-state index in [-0.39, 0.29) is 0 Å². The van der Waals surface area contributed by atoms with E-state index in [9.17, 15) is 0 Å². The fraction of sp³-hybridized carbons (Fsp3) is 0.318. The molecule has 2 heteroatoms. The Morgan fingerprint density at radius 3 is 1.71 bits per heavy atom. The van der Waals surface area contributed by atoms with Gasteiger partial charge in [-0.15, -0.1) is 0 Å². The third kappa shape index (κ3) is 8.94. The smallest absolute Gasteiger partial charge is 0.0273 e. The van der Waals surface area contributed by atoms with Gasteiger partial charge in [0.15, 0.2) is 0 Å². The maximum absolute atomic E-state index is 5.52. The Hall–Kier alpha value is -2.35. The second kappa shape index (κ2) is 17.0. The first-order valence-corrected chi connectivity index (χ1v) is 8.81. The summed E-state index contributed by atoms with van der Waals surface area (Å²) in [5.41, 5.74) is 9.85. The summed E-state index contributed by atoms with van der Waals surface area (Å²) >= 11 is 0. The zero-order chi connectivity index (χ0) is 18.8. The van der Waals surface area contributed by atoms with Gasteiger partial charge in [0, 0.05) is 18.6 Å². The van der Waals surface area contributed by atoms with Crippen LogP contribution in [-0.2, 0) is 0 Å². The van der Waals surface area contributed by atoms with Gasteiger partial charge in [-0.25, -0.2) is 0 Å². The van der Waals surface area contributed by atoms with E-state index < -0.39 is 0 Å². The van der Waals surface area contributed by atoms with Crippen LogP contribution in [0.15, 0.2) is 67.6 Å². The molecule has 0 amide bonds. The van der Waals surface area contributed by atoms with Crippen LogP contribution in [0.25, 0.3) is 16.7 Å². The molecule has 0 spiro atoms. The molecule has 0 radical (unpaired) electrons. The highest BCUT2D eigenvalue weighted by atomic mass is 14.6. The molecule has 2 N–H and O–H groups in total. The summed E-state index contributed by atoms with van der Waals surface area (Å²) in [6.45, 7) is 16.0. The van der Waals surface area contributed by atoms with Gasteiger partial charge in [0.25, 0.3) is 0 Å². The van der Waals surface area contributed by atoms with Crippen molar-refractivity contribution >= 4 is 5.57 Å². The monoisotopic (exact) mass is 326 g/mol. The van der Waals surface area contributed by atoms with Crippen LogP contribution in [0.5, 0.6) is 0 Å². The van der Waals surface area contributed by atoms with Gasteiger partial charge in [0.05, 0.1) is 0 Å². The number of nitrogens with zero attached hydrogens (tertiary/aromatic N) is 1. The fourth-order valence-electron chi connectivity index (χ4n) is 1.68. The number of hydrogen-bond donors (Lipinski definition) is 1. The van der Waals surface area contributed by atoms with Gasteiger partial charge < -0.3 is 5.73 Å². The van der Waals surface area contributed by atoms with Gasteiger partial charge in [-0.3, -0.25) is 4.98 Å². The van der Waals surface area contributed by atoms with Crippen molar-refractivity contribution in [3.8, 4) is 11.1 Å². The Balaban J connectivity index is 0. The fourth-order valence-corrected chi connectivity index (χ4v) is 1.68. The Labute approximate surface area is 149 Å². The maximum Gasteiger partial charge on any atom is 0.0273 e. The lowest BCUT2D eigenvalue weighted by molar-refractivity contribution is 1.09. The van der Waals surface area contributed by atoms with Crippen molar-refractivity contribution in [3.63, 3.8) is 0 Å². The molecule has 0 aliphatic heterocycles. The maximum atomic E-state index is 5.52. The van der Waals surface area contributed by atoms with Crippen molar-refractivity contribution in [2.45, 2.75) is 48.0 Å². The third-order valence-electron chi connectivity index (χ3n) is 2.63. The summed E-state index contributed by atoms with van der Waals surface area (Å²) in [6, 6.07) is 12.2. The highest BCUT2D eigenvalue weighted by Crippen LogP contribution is 2.21. The van der Waals surface area contributed by atoms with Gasteiger partial charge >= 0.3 is 0 Å². The minimum atomic E-state index is 0.936. The van der Waals surface area contributed by atoms with Crippen molar-refractivity contribution in [2.75, 3.05) is 0 Å². The van der Waals surface area contributed by atoms with Crippen molar-refractivity contribution in [1.82, 2.24) is 4.98 Å². The SMILES string of the molecule is C=C/C(=C\N)c1ccc(-c2ccncc2)cc1.CC.CC.CCC. The third-order valence-corrected chi connectivity index (χ3v) is 2.63. The van der Waals surface area contributed by atoms with Crippen LogP contribution in [0.4, 0.5) is 0 Å². The zero-order valence-corrected chi connectivity index (χ0v) is 16.2. The predicted octanol–water partition coefficient (Wildman–Crippen LogP) is 6.70. The van der Waals surface area contributed by atoms with Crippen LogP contribution >= 0.6 is 0 Å². The number of allylic oxidation sites excluding steroid dienone is 2. The highest BCUT2D eigenvalue weighted by Gasteiger charge is 1.99. The minimum Gasteiger partial charge on any atom is -0.404 e. The molecule has 1 aromatic carbocycles. The summed E-state index contributed by atoms with van der Waals surface area (Å²) in [6.07, 6.45) is 8.15. The molecule has 0 saturated carbocycles. The Kier molecular flexibility index (Phi) is 16.9.